The first-order valence-electron chi connectivity index (χ1n) is 37.5. The highest BCUT2D eigenvalue weighted by Crippen LogP contribution is 2.23. The van der Waals surface area contributed by atoms with E-state index in [1.54, 1.807) is 84.9 Å². The van der Waals surface area contributed by atoms with Crippen molar-refractivity contribution in [3.63, 3.8) is 0 Å². The first-order valence-corrected chi connectivity index (χ1v) is 38.7. The SMILES string of the molecule is CC(C)[C@@H]1NC(=O)[C@H](Cc2ccccc2)NC(=O)CSC[C@@H](C(=O)NCC(N)=O)NC(=O)[C@@H]2CCCN2C(=O)[C@H](C)NC(=O)[C@H](CCC(N)=O)NC(=O)[C@H](C)N(C)C(=O)[C@H](Cc2ccc(-c3ccccc3)cc2)NC(=O)[C@H](Cc2ccccc2)N(C)C(=O)[C@H](C)NC(=O)[C@H]([C@@H](C)O)NC(=O)[C@H]([C@@H](C)O)NC(=O)[C@H](CC(N)=O)NC1=O. The van der Waals surface area contributed by atoms with Gasteiger partial charge in [-0.2, -0.15) is 0 Å². The second kappa shape index (κ2) is 44.0. The molecule has 0 radical (unpaired) electrons. The van der Waals surface area contributed by atoms with E-state index >= 15 is 9.59 Å². The molecule has 15 atom stereocenters. The Labute approximate surface area is 669 Å². The minimum absolute atomic E-state index is 0.0300. The highest BCUT2D eigenvalue weighted by molar-refractivity contribution is 8.00. The molecule has 0 saturated carbocycles. The van der Waals surface area contributed by atoms with Crippen LogP contribution in [0, 0.1) is 5.92 Å². The second-order valence-corrected chi connectivity index (χ2v) is 29.8. The van der Waals surface area contributed by atoms with Crippen LogP contribution < -0.4 is 75.7 Å². The van der Waals surface area contributed by atoms with Gasteiger partial charge in [0.05, 0.1) is 30.9 Å². The summed E-state index contributed by atoms with van der Waals surface area (Å²) in [6.45, 7) is 8.31. The number of nitrogens with one attached hydrogen (secondary N) is 11. The van der Waals surface area contributed by atoms with Gasteiger partial charge in [-0.05, 0) is 87.6 Å². The van der Waals surface area contributed by atoms with Crippen LogP contribution in [0.25, 0.3) is 11.1 Å². The van der Waals surface area contributed by atoms with Gasteiger partial charge >= 0.3 is 0 Å². The normalized spacial score (nSPS) is 25.2. The summed E-state index contributed by atoms with van der Waals surface area (Å²) in [5.74, 6) is -18.6. The van der Waals surface area contributed by atoms with E-state index in [1.165, 1.54) is 48.7 Å². The molecule has 17 amide bonds. The van der Waals surface area contributed by atoms with E-state index in [0.29, 0.717) is 16.7 Å². The maximum absolute atomic E-state index is 15.2. The topological polar surface area (TPSA) is 551 Å². The Kier molecular flexibility index (Phi) is 35.2. The van der Waals surface area contributed by atoms with Crippen LogP contribution in [0.5, 0.6) is 0 Å². The van der Waals surface area contributed by atoms with Crippen LogP contribution in [0.4, 0.5) is 0 Å². The summed E-state index contributed by atoms with van der Waals surface area (Å²) in [5.41, 5.74) is 19.7. The largest absolute Gasteiger partial charge is 0.391 e. The van der Waals surface area contributed by atoms with Crippen molar-refractivity contribution in [2.75, 3.05) is 38.7 Å². The van der Waals surface area contributed by atoms with Gasteiger partial charge in [0.2, 0.25) is 100 Å². The average Bonchev–Trinajstić information content (AvgIpc) is 1.82. The molecule has 2 heterocycles. The molecule has 0 aliphatic carbocycles. The quantitative estimate of drug-likeness (QED) is 0.0450. The van der Waals surface area contributed by atoms with E-state index in [-0.39, 0.29) is 44.4 Å². The number of rotatable bonds is 18. The maximum Gasteiger partial charge on any atom is 0.245 e. The molecule has 0 aromatic heterocycles. The monoisotopic (exact) mass is 1620 g/mol. The molecule has 4 aromatic rings. The van der Waals surface area contributed by atoms with Crippen molar-refractivity contribution < 1.29 is 91.7 Å². The lowest BCUT2D eigenvalue weighted by Crippen LogP contribution is -2.63. The number of nitrogens with zero attached hydrogens (tertiary/aromatic N) is 3. The van der Waals surface area contributed by atoms with Gasteiger partial charge in [0.15, 0.2) is 0 Å². The minimum Gasteiger partial charge on any atom is -0.391 e. The van der Waals surface area contributed by atoms with Gasteiger partial charge in [0, 0.05) is 52.1 Å². The maximum atomic E-state index is 15.2. The molecule has 37 heteroatoms. The molecular weight excluding hydrogens is 1510 g/mol. The fourth-order valence-corrected chi connectivity index (χ4v) is 13.6. The van der Waals surface area contributed by atoms with Crippen LogP contribution in [0.3, 0.4) is 0 Å². The van der Waals surface area contributed by atoms with Gasteiger partial charge in [-0.25, -0.2) is 0 Å². The van der Waals surface area contributed by atoms with E-state index in [0.717, 1.165) is 51.4 Å². The van der Waals surface area contributed by atoms with Crippen LogP contribution in [0.15, 0.2) is 115 Å². The van der Waals surface area contributed by atoms with E-state index in [1.807, 2.05) is 30.3 Å². The van der Waals surface area contributed by atoms with Crippen molar-refractivity contribution in [3.8, 4) is 11.1 Å². The minimum atomic E-state index is -2.02. The summed E-state index contributed by atoms with van der Waals surface area (Å²) >= 11 is 0.792. The van der Waals surface area contributed by atoms with Gasteiger partial charge in [-0.3, -0.25) is 81.5 Å². The number of amides is 17. The molecule has 0 spiro atoms. The number of hydrogen-bond donors (Lipinski definition) is 16. The smallest absolute Gasteiger partial charge is 0.245 e. The number of carbonyl (C=O) groups excluding carboxylic acids is 17. The number of benzene rings is 4. The van der Waals surface area contributed by atoms with E-state index < -0.39 is 229 Å². The third-order valence-electron chi connectivity index (χ3n) is 19.4. The number of aliphatic hydroxyl groups excluding tert-OH is 2. The highest BCUT2D eigenvalue weighted by Gasteiger charge is 2.43. The fourth-order valence-electron chi connectivity index (χ4n) is 12.7. The predicted molar refractivity (Wildman–Crippen MR) is 420 cm³/mol. The van der Waals surface area contributed by atoms with Gasteiger partial charge in [-0.1, -0.05) is 129 Å². The molecule has 36 nitrogen and oxygen atoms in total. The third kappa shape index (κ3) is 27.7. The molecule has 6 rings (SSSR count). The molecule has 115 heavy (non-hydrogen) atoms. The van der Waals surface area contributed by atoms with Crippen molar-refractivity contribution in [1.29, 1.82) is 0 Å². The molecule has 0 unspecified atom stereocenters. The summed E-state index contributed by atoms with van der Waals surface area (Å²) in [7, 11) is 2.50. The lowest BCUT2D eigenvalue weighted by atomic mass is 9.98. The summed E-state index contributed by atoms with van der Waals surface area (Å²) < 4.78 is 0. The number of fused-ring (bicyclic) bond motifs is 1. The number of nitrogens with two attached hydrogens (primary N) is 3. The van der Waals surface area contributed by atoms with E-state index in [4.69, 9.17) is 17.2 Å². The zero-order valence-corrected chi connectivity index (χ0v) is 66.3. The number of primary amides is 3. The fraction of sp³-hybridized carbons (Fsp3) is 0.474. The van der Waals surface area contributed by atoms with E-state index in [2.05, 4.69) is 58.5 Å². The van der Waals surface area contributed by atoms with Crippen molar-refractivity contribution in [1.82, 2.24) is 73.2 Å². The lowest BCUT2D eigenvalue weighted by Gasteiger charge is -2.33. The Balaban J connectivity index is 1.39. The Hall–Kier alpha value is -11.9. The molecule has 4 aromatic carbocycles. The number of carbonyl (C=O) groups is 17. The van der Waals surface area contributed by atoms with Crippen molar-refractivity contribution in [2.24, 2.45) is 23.1 Å². The van der Waals surface area contributed by atoms with Crippen LogP contribution in [0.1, 0.15) is 97.3 Å². The number of hydrogen-bond acceptors (Lipinski definition) is 20. The first-order chi connectivity index (χ1) is 54.3. The summed E-state index contributed by atoms with van der Waals surface area (Å²) in [4.78, 5) is 242. The molecule has 2 aliphatic heterocycles. The zero-order valence-electron chi connectivity index (χ0n) is 65.5. The number of aliphatic hydroxyl groups is 2. The molecule has 2 aliphatic rings. The molecule has 0 bridgehead atoms. The molecule has 2 saturated heterocycles. The van der Waals surface area contributed by atoms with Gasteiger partial charge in [-0.15, -0.1) is 11.8 Å². The Morgan fingerprint density at radius 1 is 0.478 bits per heavy atom. The van der Waals surface area contributed by atoms with Crippen molar-refractivity contribution in [2.45, 2.75) is 191 Å². The molecule has 19 N–H and O–H groups in total. The summed E-state index contributed by atoms with van der Waals surface area (Å²) in [5, 5.41) is 49.3. The van der Waals surface area contributed by atoms with Crippen LogP contribution in [0.2, 0.25) is 0 Å². The van der Waals surface area contributed by atoms with Crippen LogP contribution in [-0.4, -0.2) is 255 Å². The third-order valence-corrected chi connectivity index (χ3v) is 20.4. The lowest BCUT2D eigenvalue weighted by molar-refractivity contribution is -0.145. The van der Waals surface area contributed by atoms with Crippen molar-refractivity contribution in [3.05, 3.63) is 132 Å². The second-order valence-electron chi connectivity index (χ2n) is 28.8. The van der Waals surface area contributed by atoms with E-state index in [9.17, 15) is 82.1 Å². The summed E-state index contributed by atoms with van der Waals surface area (Å²) in [6.07, 6.45) is -5.74. The molecular formula is C78H105N17O19S. The van der Waals surface area contributed by atoms with Gasteiger partial charge in [0.1, 0.15) is 78.5 Å². The standard InChI is InChI=1S/C78H105N17O19S/c1-41(2)63-73(109)87-54(37-60(80)99)70(106)91-65(46(7)97)75(111)92-64(45(6)96)74(110)84-42(3)76(112)94(9)58(36-48-22-15-11-16-23-48)72(108)88-55(35-49-27-29-51(30-28-49)50-24-17-12-18-25-50)78(114)93(8)44(5)66(102)86-52(31-32-59(79)98)68(104)83-43(4)77(113)95-33-19-26-57(95)71(107)89-56(67(103)82-38-61(81)100)39-115-40-62(101)85-53(69(105)90-63)34-47-20-13-10-14-21-47/h10-18,20-25,27-30,41-46,52-58,63-65,96-97H,19,26,31-40H2,1-9H3,(H2,79,98)(H2,80,99)(H2,81,100)(H,82,103)(H,83,104)(H,84,110)(H,85,101)(H,86,102)(H,87,109)(H,88,108)(H,89,107)(H,90,105)(H,91,106)(H,92,111)/t42-,43-,44-,45+,46+,52-,53-,54-,55-,56-,57-,58-,63-,64-,65-/m0/s1. The average molecular weight is 1620 g/mol. The number of likely N-dealkylation sites (N-methyl/N-ethyl adjacent to an activating group) is 2. The summed E-state index contributed by atoms with van der Waals surface area (Å²) in [6, 6.07) is 12.2. The van der Waals surface area contributed by atoms with Gasteiger partial charge in [0.25, 0.3) is 0 Å². The van der Waals surface area contributed by atoms with Crippen LogP contribution in [-0.2, 0) is 101 Å². The highest BCUT2D eigenvalue weighted by atomic mass is 32.2. The molecule has 2 fully saturated rings. The Bertz CT molecular complexity index is 4140. The Morgan fingerprint density at radius 3 is 1.52 bits per heavy atom. The van der Waals surface area contributed by atoms with Gasteiger partial charge < -0.3 is 101 Å². The Morgan fingerprint density at radius 2 is 0.957 bits per heavy atom. The first kappa shape index (κ1) is 92.0. The molecule has 622 valence electrons. The predicted octanol–water partition coefficient (Wildman–Crippen LogP) is -4.16. The zero-order chi connectivity index (χ0) is 85.1. The number of thioether (sulfide) groups is 1. The van der Waals surface area contributed by atoms with Crippen LogP contribution >= 0.6 is 11.8 Å². The van der Waals surface area contributed by atoms with Crippen molar-refractivity contribution >= 4 is 112 Å².